The van der Waals surface area contributed by atoms with Gasteiger partial charge in [0.25, 0.3) is 0 Å². The summed E-state index contributed by atoms with van der Waals surface area (Å²) in [5, 5.41) is 0. The van der Waals surface area contributed by atoms with Crippen LogP contribution < -0.4 is 9.80 Å². The van der Waals surface area contributed by atoms with Crippen molar-refractivity contribution in [3.8, 4) is 0 Å². The molecule has 1 unspecified atom stereocenters. The molecule has 6 heteroatoms. The van der Waals surface area contributed by atoms with Gasteiger partial charge in [-0.3, -0.25) is 4.79 Å². The highest BCUT2D eigenvalue weighted by Crippen LogP contribution is 2.26. The lowest BCUT2D eigenvalue weighted by Crippen LogP contribution is -2.44. The van der Waals surface area contributed by atoms with Gasteiger partial charge in [-0.1, -0.05) is 35.9 Å². The number of aryl methyl sites for hydroxylation is 1. The maximum Gasteiger partial charge on any atom is 0.234 e. The minimum absolute atomic E-state index is 0.0337. The zero-order valence-corrected chi connectivity index (χ0v) is 19.5. The number of amides is 1. The monoisotopic (exact) mass is 446 g/mol. The number of carbonyl (C=O) groups excluding carboxylic acids is 1. The first-order chi connectivity index (χ1) is 15.9. The van der Waals surface area contributed by atoms with Crippen molar-refractivity contribution in [1.82, 2.24) is 9.88 Å². The van der Waals surface area contributed by atoms with Crippen LogP contribution in [0.4, 0.5) is 15.9 Å². The van der Waals surface area contributed by atoms with Crippen molar-refractivity contribution < 1.29 is 9.18 Å². The van der Waals surface area contributed by atoms with Crippen molar-refractivity contribution in [2.45, 2.75) is 26.3 Å². The average molecular weight is 447 g/mol. The quantitative estimate of drug-likeness (QED) is 0.554. The predicted octanol–water partition coefficient (Wildman–Crippen LogP) is 4.62. The van der Waals surface area contributed by atoms with E-state index in [1.165, 1.54) is 12.1 Å². The van der Waals surface area contributed by atoms with E-state index in [0.717, 1.165) is 48.7 Å². The number of pyridine rings is 1. The zero-order chi connectivity index (χ0) is 23.4. The van der Waals surface area contributed by atoms with Crippen LogP contribution in [0, 0.1) is 12.7 Å². The Balaban J connectivity index is 1.55. The molecule has 172 valence electrons. The lowest BCUT2D eigenvalue weighted by molar-refractivity contribution is -0.119. The molecule has 3 aromatic rings. The first-order valence-corrected chi connectivity index (χ1v) is 11.4. The van der Waals surface area contributed by atoms with Crippen LogP contribution in [-0.4, -0.2) is 49.0 Å². The van der Waals surface area contributed by atoms with Crippen LogP contribution in [0.2, 0.25) is 0 Å². The third-order valence-electron chi connectivity index (χ3n) is 6.33. The number of anilines is 2. The SMILES string of the molecule is Cc1ccc(C(C)C(=O)N(Cc2ccc(N3CCN(C)CC3)nc2)c2ccc(F)cc2)cc1. The fraction of sp³-hybridized carbons (Fsp3) is 0.333. The smallest absolute Gasteiger partial charge is 0.234 e. The summed E-state index contributed by atoms with van der Waals surface area (Å²) in [4.78, 5) is 24.5. The normalized spacial score (nSPS) is 15.3. The van der Waals surface area contributed by atoms with Gasteiger partial charge >= 0.3 is 0 Å². The van der Waals surface area contributed by atoms with Crippen LogP contribution in [-0.2, 0) is 11.3 Å². The van der Waals surface area contributed by atoms with Gasteiger partial charge in [-0.05, 0) is 62.4 Å². The molecule has 0 saturated carbocycles. The second-order valence-electron chi connectivity index (χ2n) is 8.85. The van der Waals surface area contributed by atoms with E-state index >= 15 is 0 Å². The summed E-state index contributed by atoms with van der Waals surface area (Å²) in [6.45, 7) is 8.27. The number of carbonyl (C=O) groups is 1. The number of likely N-dealkylation sites (N-methyl/N-ethyl adjacent to an activating group) is 1. The van der Waals surface area contributed by atoms with E-state index in [4.69, 9.17) is 0 Å². The molecule has 1 atom stereocenters. The molecule has 1 fully saturated rings. The van der Waals surface area contributed by atoms with E-state index in [2.05, 4.69) is 21.8 Å². The Morgan fingerprint density at radius 1 is 1.00 bits per heavy atom. The minimum atomic E-state index is -0.326. The molecule has 1 amide bonds. The van der Waals surface area contributed by atoms with Gasteiger partial charge in [-0.15, -0.1) is 0 Å². The molecule has 0 radical (unpaired) electrons. The van der Waals surface area contributed by atoms with Gasteiger partial charge < -0.3 is 14.7 Å². The average Bonchev–Trinajstić information content (AvgIpc) is 2.84. The molecule has 2 aromatic carbocycles. The summed E-state index contributed by atoms with van der Waals surface area (Å²) in [7, 11) is 2.13. The Labute approximate surface area is 195 Å². The third-order valence-corrected chi connectivity index (χ3v) is 6.33. The van der Waals surface area contributed by atoms with E-state index in [0.29, 0.717) is 12.2 Å². The second kappa shape index (κ2) is 10.1. The molecule has 1 aromatic heterocycles. The van der Waals surface area contributed by atoms with Crippen molar-refractivity contribution in [1.29, 1.82) is 0 Å². The molecule has 2 heterocycles. The van der Waals surface area contributed by atoms with E-state index in [1.807, 2.05) is 56.4 Å². The highest BCUT2D eigenvalue weighted by atomic mass is 19.1. The third kappa shape index (κ3) is 5.57. The van der Waals surface area contributed by atoms with Gasteiger partial charge in [0.1, 0.15) is 11.6 Å². The van der Waals surface area contributed by atoms with Crippen molar-refractivity contribution in [2.75, 3.05) is 43.0 Å². The van der Waals surface area contributed by atoms with Crippen molar-refractivity contribution in [2.24, 2.45) is 0 Å². The summed E-state index contributed by atoms with van der Waals surface area (Å²) in [5.41, 5.74) is 3.71. The van der Waals surface area contributed by atoms with Crippen LogP contribution >= 0.6 is 0 Å². The fourth-order valence-corrected chi connectivity index (χ4v) is 4.06. The molecule has 0 bridgehead atoms. The van der Waals surface area contributed by atoms with Crippen LogP contribution in [0.25, 0.3) is 0 Å². The molecule has 1 aliphatic rings. The number of piperazine rings is 1. The van der Waals surface area contributed by atoms with Crippen molar-refractivity contribution >= 4 is 17.4 Å². The van der Waals surface area contributed by atoms with Gasteiger partial charge in [0.2, 0.25) is 5.91 Å². The Kier molecular flexibility index (Phi) is 7.04. The molecule has 1 aliphatic heterocycles. The summed E-state index contributed by atoms with van der Waals surface area (Å²) >= 11 is 0. The number of aromatic nitrogens is 1. The molecule has 4 rings (SSSR count). The lowest BCUT2D eigenvalue weighted by Gasteiger charge is -2.33. The number of benzene rings is 2. The van der Waals surface area contributed by atoms with Crippen molar-refractivity contribution in [3.05, 3.63) is 89.4 Å². The van der Waals surface area contributed by atoms with Crippen LogP contribution in [0.1, 0.15) is 29.5 Å². The van der Waals surface area contributed by atoms with Gasteiger partial charge in [0.05, 0.1) is 12.5 Å². The summed E-state index contributed by atoms with van der Waals surface area (Å²) in [6, 6.07) is 18.2. The highest BCUT2D eigenvalue weighted by Gasteiger charge is 2.24. The Morgan fingerprint density at radius 2 is 1.67 bits per heavy atom. The fourth-order valence-electron chi connectivity index (χ4n) is 4.06. The zero-order valence-electron chi connectivity index (χ0n) is 19.5. The molecular formula is C27H31FN4O. The van der Waals surface area contributed by atoms with E-state index in [-0.39, 0.29) is 17.6 Å². The number of hydrogen-bond donors (Lipinski definition) is 0. The first kappa shape index (κ1) is 22.9. The van der Waals surface area contributed by atoms with Gasteiger partial charge in [0.15, 0.2) is 0 Å². The predicted molar refractivity (Wildman–Crippen MR) is 131 cm³/mol. The molecular weight excluding hydrogens is 415 g/mol. The highest BCUT2D eigenvalue weighted by molar-refractivity contribution is 5.97. The van der Waals surface area contributed by atoms with Gasteiger partial charge in [-0.2, -0.15) is 0 Å². The number of nitrogens with zero attached hydrogens (tertiary/aromatic N) is 4. The van der Waals surface area contributed by atoms with Crippen LogP contribution in [0.3, 0.4) is 0 Å². The molecule has 0 aliphatic carbocycles. The van der Waals surface area contributed by atoms with Gasteiger partial charge in [0, 0.05) is 38.1 Å². The van der Waals surface area contributed by atoms with E-state index in [9.17, 15) is 9.18 Å². The van der Waals surface area contributed by atoms with Crippen molar-refractivity contribution in [3.63, 3.8) is 0 Å². The molecule has 1 saturated heterocycles. The topological polar surface area (TPSA) is 39.7 Å². The lowest BCUT2D eigenvalue weighted by atomic mass is 9.98. The number of hydrogen-bond acceptors (Lipinski definition) is 4. The summed E-state index contributed by atoms with van der Waals surface area (Å²) in [5.74, 6) is 0.275. The molecule has 0 spiro atoms. The standard InChI is InChI=1S/C27H31FN4O/c1-20-4-7-23(8-5-20)21(2)27(33)32(25-11-9-24(28)10-12-25)19-22-6-13-26(29-18-22)31-16-14-30(3)15-17-31/h4-13,18,21H,14-17,19H2,1-3H3. The van der Waals surface area contributed by atoms with Crippen LogP contribution in [0.5, 0.6) is 0 Å². The first-order valence-electron chi connectivity index (χ1n) is 11.4. The van der Waals surface area contributed by atoms with Crippen LogP contribution in [0.15, 0.2) is 66.9 Å². The maximum atomic E-state index is 13.6. The Bertz CT molecular complexity index is 1060. The largest absolute Gasteiger partial charge is 0.354 e. The number of rotatable bonds is 6. The Hall–Kier alpha value is -3.25. The van der Waals surface area contributed by atoms with E-state index in [1.54, 1.807) is 17.0 Å². The number of halogens is 1. The summed E-state index contributed by atoms with van der Waals surface area (Å²) < 4.78 is 13.6. The van der Waals surface area contributed by atoms with Gasteiger partial charge in [-0.25, -0.2) is 9.37 Å². The molecule has 33 heavy (non-hydrogen) atoms. The summed E-state index contributed by atoms with van der Waals surface area (Å²) in [6.07, 6.45) is 1.84. The molecule has 5 nitrogen and oxygen atoms in total. The van der Waals surface area contributed by atoms with E-state index < -0.39 is 0 Å². The molecule has 0 N–H and O–H groups in total. The minimum Gasteiger partial charge on any atom is -0.354 e. The Morgan fingerprint density at radius 3 is 2.27 bits per heavy atom. The maximum absolute atomic E-state index is 13.6. The second-order valence-corrected chi connectivity index (χ2v) is 8.85.